The summed E-state index contributed by atoms with van der Waals surface area (Å²) in [5, 5.41) is 0. The minimum Gasteiger partial charge on any atom is -0.273 e. The number of sulfonamides is 1. The first-order chi connectivity index (χ1) is 11.3. The molecule has 0 aromatic heterocycles. The highest BCUT2D eigenvalue weighted by Gasteiger charge is 2.30. The molecule has 0 aliphatic heterocycles. The monoisotopic (exact) mass is 349 g/mol. The molecule has 0 aliphatic rings. The summed E-state index contributed by atoms with van der Waals surface area (Å²) >= 11 is 0. The van der Waals surface area contributed by atoms with Gasteiger partial charge in [0.05, 0.1) is 4.90 Å². The van der Waals surface area contributed by atoms with Crippen LogP contribution in [0.1, 0.15) is 38.2 Å². The summed E-state index contributed by atoms with van der Waals surface area (Å²) in [6, 6.07) is 6.53. The number of amides is 1. The van der Waals surface area contributed by atoms with Crippen molar-refractivity contribution in [1.29, 1.82) is 0 Å². The maximum absolute atomic E-state index is 12.7. The van der Waals surface area contributed by atoms with Crippen LogP contribution in [0.2, 0.25) is 0 Å². The number of nitrogens with zero attached hydrogens (tertiary/aromatic N) is 1. The number of rotatable bonds is 9. The third-order valence-electron chi connectivity index (χ3n) is 3.94. The highest BCUT2D eigenvalue weighted by molar-refractivity contribution is 7.89. The van der Waals surface area contributed by atoms with Crippen LogP contribution in [0.3, 0.4) is 0 Å². The minimum atomic E-state index is -3.82. The van der Waals surface area contributed by atoms with Crippen molar-refractivity contribution < 1.29 is 13.2 Å². The number of hydrogen-bond acceptors (Lipinski definition) is 3. The lowest BCUT2D eigenvalue weighted by atomic mass is 9.97. The van der Waals surface area contributed by atoms with Gasteiger partial charge in [-0.05, 0) is 31.9 Å². The van der Waals surface area contributed by atoms with Crippen LogP contribution in [0.4, 0.5) is 0 Å². The predicted octanol–water partition coefficient (Wildman–Crippen LogP) is 4.08. The molecule has 0 spiro atoms. The van der Waals surface area contributed by atoms with E-state index in [2.05, 4.69) is 6.58 Å². The first kappa shape index (κ1) is 20.2. The van der Waals surface area contributed by atoms with Gasteiger partial charge >= 0.3 is 0 Å². The predicted molar refractivity (Wildman–Crippen MR) is 98.1 cm³/mol. The van der Waals surface area contributed by atoms with Gasteiger partial charge < -0.3 is 0 Å². The molecule has 1 aromatic rings. The van der Waals surface area contributed by atoms with Gasteiger partial charge in [-0.1, -0.05) is 62.3 Å². The Morgan fingerprint density at radius 3 is 2.46 bits per heavy atom. The van der Waals surface area contributed by atoms with E-state index < -0.39 is 10.0 Å². The van der Waals surface area contributed by atoms with Gasteiger partial charge in [0.2, 0.25) is 5.91 Å². The number of hydrogen-bond donors (Lipinski definition) is 0. The number of carbonyl (C=O) groups is 1. The summed E-state index contributed by atoms with van der Waals surface area (Å²) in [6.45, 7) is 7.54. The van der Waals surface area contributed by atoms with Crippen molar-refractivity contribution in [3.05, 3.63) is 54.6 Å². The van der Waals surface area contributed by atoms with Gasteiger partial charge in [-0.3, -0.25) is 4.79 Å². The highest BCUT2D eigenvalue weighted by atomic mass is 32.2. The van der Waals surface area contributed by atoms with Gasteiger partial charge in [-0.15, -0.1) is 0 Å². The average molecular weight is 349 g/mol. The summed E-state index contributed by atoms with van der Waals surface area (Å²) in [4.78, 5) is 12.9. The van der Waals surface area contributed by atoms with Crippen LogP contribution in [-0.4, -0.2) is 25.7 Å². The molecule has 1 aromatic carbocycles. The number of aryl methyl sites for hydroxylation is 1. The molecule has 24 heavy (non-hydrogen) atoms. The lowest BCUT2D eigenvalue weighted by Gasteiger charge is -2.23. The van der Waals surface area contributed by atoms with E-state index in [1.165, 1.54) is 19.2 Å². The van der Waals surface area contributed by atoms with Crippen LogP contribution in [0, 0.1) is 12.8 Å². The van der Waals surface area contributed by atoms with Crippen LogP contribution in [0.25, 0.3) is 0 Å². The molecule has 0 saturated carbocycles. The fraction of sp³-hybridized carbons (Fsp3) is 0.421. The smallest absolute Gasteiger partial charge is 0.266 e. The Morgan fingerprint density at radius 1 is 1.29 bits per heavy atom. The minimum absolute atomic E-state index is 0.139. The first-order valence-electron chi connectivity index (χ1n) is 8.21. The molecule has 1 rings (SSSR count). The topological polar surface area (TPSA) is 54.5 Å². The highest BCUT2D eigenvalue weighted by Crippen LogP contribution is 2.22. The Bertz CT molecular complexity index is 675. The zero-order valence-electron chi connectivity index (χ0n) is 14.7. The number of allylic oxidation sites excluding steroid dienone is 3. The van der Waals surface area contributed by atoms with Gasteiger partial charge in [0.15, 0.2) is 0 Å². The van der Waals surface area contributed by atoms with Gasteiger partial charge in [-0.2, -0.15) is 0 Å². The normalized spacial score (nSPS) is 13.0. The van der Waals surface area contributed by atoms with Gasteiger partial charge in [0.25, 0.3) is 10.0 Å². The molecule has 1 atom stereocenters. The molecule has 0 saturated heterocycles. The molecule has 0 aliphatic carbocycles. The fourth-order valence-electron chi connectivity index (χ4n) is 2.38. The van der Waals surface area contributed by atoms with Crippen LogP contribution >= 0.6 is 0 Å². The third-order valence-corrected chi connectivity index (χ3v) is 5.71. The maximum atomic E-state index is 12.7. The molecule has 132 valence electrons. The van der Waals surface area contributed by atoms with Gasteiger partial charge in [-0.25, -0.2) is 12.7 Å². The van der Waals surface area contributed by atoms with E-state index in [9.17, 15) is 13.2 Å². The molecule has 5 heteroatoms. The standard InChI is InChI=1S/C19H27NO3S/c1-5-7-9-11-17(10-8-6-2)19(21)20(4)24(22,23)18-14-12-16(3)13-15-18/h5,7,9,12-15,17H,1,6,8,10-11H2,2-4H3/b9-7+. The average Bonchev–Trinajstić information content (AvgIpc) is 2.57. The summed E-state index contributed by atoms with van der Waals surface area (Å²) in [5.74, 6) is -0.705. The molecule has 1 unspecified atom stereocenters. The van der Waals surface area contributed by atoms with Crippen LogP contribution in [0.5, 0.6) is 0 Å². The fourth-order valence-corrected chi connectivity index (χ4v) is 3.56. The first-order valence-corrected chi connectivity index (χ1v) is 9.65. The second-order valence-electron chi connectivity index (χ2n) is 5.86. The van der Waals surface area contributed by atoms with Gasteiger partial charge in [0, 0.05) is 13.0 Å². The molecule has 0 fully saturated rings. The van der Waals surface area contributed by atoms with E-state index in [0.717, 1.165) is 22.7 Å². The van der Waals surface area contributed by atoms with E-state index in [-0.39, 0.29) is 16.7 Å². The Kier molecular flexibility index (Phi) is 7.92. The molecule has 1 amide bonds. The Hall–Kier alpha value is -1.88. The van der Waals surface area contributed by atoms with Crippen molar-refractivity contribution in [2.45, 2.75) is 44.4 Å². The molecule has 0 bridgehead atoms. The van der Waals surface area contributed by atoms with Crippen LogP contribution < -0.4 is 0 Å². The van der Waals surface area contributed by atoms with Crippen molar-refractivity contribution in [3.63, 3.8) is 0 Å². The molecular weight excluding hydrogens is 322 g/mol. The third kappa shape index (κ3) is 5.34. The van der Waals surface area contributed by atoms with E-state index in [1.807, 2.05) is 19.9 Å². The molecule has 4 nitrogen and oxygen atoms in total. The maximum Gasteiger partial charge on any atom is 0.266 e. The van der Waals surface area contributed by atoms with Crippen molar-refractivity contribution in [2.75, 3.05) is 7.05 Å². The second kappa shape index (κ2) is 9.42. The van der Waals surface area contributed by atoms with Gasteiger partial charge in [0.1, 0.15) is 0 Å². The lowest BCUT2D eigenvalue weighted by molar-refractivity contribution is -0.129. The molecular formula is C19H27NO3S. The van der Waals surface area contributed by atoms with Crippen molar-refractivity contribution in [1.82, 2.24) is 4.31 Å². The van der Waals surface area contributed by atoms with Crippen molar-refractivity contribution in [2.24, 2.45) is 5.92 Å². The molecule has 0 N–H and O–H groups in total. The van der Waals surface area contributed by atoms with E-state index in [0.29, 0.717) is 12.8 Å². The zero-order valence-corrected chi connectivity index (χ0v) is 15.6. The summed E-state index contributed by atoms with van der Waals surface area (Å²) in [5.41, 5.74) is 0.971. The quantitative estimate of drug-likeness (QED) is 0.631. The summed E-state index contributed by atoms with van der Waals surface area (Å²) < 4.78 is 26.2. The second-order valence-corrected chi connectivity index (χ2v) is 7.83. The summed E-state index contributed by atoms with van der Waals surface area (Å²) in [6.07, 6.45) is 8.32. The van der Waals surface area contributed by atoms with Crippen molar-refractivity contribution in [3.8, 4) is 0 Å². The van der Waals surface area contributed by atoms with E-state index in [4.69, 9.17) is 0 Å². The lowest BCUT2D eigenvalue weighted by Crippen LogP contribution is -2.37. The zero-order chi connectivity index (χ0) is 18.2. The van der Waals surface area contributed by atoms with E-state index >= 15 is 0 Å². The number of unbranched alkanes of at least 4 members (excludes halogenated alkanes) is 1. The van der Waals surface area contributed by atoms with Crippen LogP contribution in [0.15, 0.2) is 54.0 Å². The SMILES string of the molecule is C=C/C=C/CC(CCCC)C(=O)N(C)S(=O)(=O)c1ccc(C)cc1. The number of carbonyl (C=O) groups excluding carboxylic acids is 1. The van der Waals surface area contributed by atoms with Crippen molar-refractivity contribution >= 4 is 15.9 Å². The molecule has 0 radical (unpaired) electrons. The largest absolute Gasteiger partial charge is 0.273 e. The number of benzene rings is 1. The Balaban J connectivity index is 3.00. The van der Waals surface area contributed by atoms with Crippen LogP contribution in [-0.2, 0) is 14.8 Å². The summed E-state index contributed by atoms with van der Waals surface area (Å²) in [7, 11) is -2.48. The van der Waals surface area contributed by atoms with E-state index in [1.54, 1.807) is 24.3 Å². The Morgan fingerprint density at radius 2 is 1.92 bits per heavy atom. The Labute approximate surface area is 145 Å². The molecule has 0 heterocycles.